The number of nitrogens with one attached hydrogen (secondary N) is 1. The molecule has 0 fully saturated rings. The normalized spacial score (nSPS) is 15.9. The van der Waals surface area contributed by atoms with Crippen molar-refractivity contribution in [2.24, 2.45) is 5.73 Å². The number of hydrogen-bond acceptors (Lipinski definition) is 3. The first-order valence-corrected chi connectivity index (χ1v) is 5.40. The highest BCUT2D eigenvalue weighted by Crippen LogP contribution is 2.29. The van der Waals surface area contributed by atoms with Gasteiger partial charge in [-0.05, 0) is 24.2 Å². The fourth-order valence-electron chi connectivity index (χ4n) is 2.14. The summed E-state index contributed by atoms with van der Waals surface area (Å²) in [4.78, 5) is 24.4. The van der Waals surface area contributed by atoms with Gasteiger partial charge in [-0.2, -0.15) is 0 Å². The van der Waals surface area contributed by atoms with E-state index >= 15 is 0 Å². The van der Waals surface area contributed by atoms with Crippen LogP contribution in [0.15, 0.2) is 18.2 Å². The molecule has 1 unspecified atom stereocenters. The molecule has 1 heterocycles. The van der Waals surface area contributed by atoms with Crippen LogP contribution < -0.4 is 16.0 Å². The lowest BCUT2D eigenvalue weighted by Gasteiger charge is -2.15. The fraction of sp³-hybridized carbons (Fsp3) is 0.333. The zero-order chi connectivity index (χ0) is 12.6. The number of anilines is 1. The molecule has 5 heteroatoms. The maximum absolute atomic E-state index is 11.5. The number of fused-ring (bicyclic) bond motifs is 1. The standard InChI is InChI=1S/C12H15N3O2/c1-14-11(12(13)17)7-3-4-9-8(5-7)6-10(16)15(9)2/h3-5,11,14H,6H2,1-2H3,(H2,13,17). The summed E-state index contributed by atoms with van der Waals surface area (Å²) in [5.74, 6) is -0.359. The van der Waals surface area contributed by atoms with E-state index in [9.17, 15) is 9.59 Å². The summed E-state index contributed by atoms with van der Waals surface area (Å²) in [5, 5.41) is 2.86. The average Bonchev–Trinajstić information content (AvgIpc) is 2.55. The molecular formula is C12H15N3O2. The van der Waals surface area contributed by atoms with Crippen LogP contribution in [0.25, 0.3) is 0 Å². The molecule has 0 aliphatic carbocycles. The molecule has 90 valence electrons. The van der Waals surface area contributed by atoms with E-state index in [0.29, 0.717) is 6.42 Å². The van der Waals surface area contributed by atoms with Gasteiger partial charge in [0.15, 0.2) is 0 Å². The van der Waals surface area contributed by atoms with Gasteiger partial charge >= 0.3 is 0 Å². The van der Waals surface area contributed by atoms with Gasteiger partial charge in [-0.25, -0.2) is 0 Å². The van der Waals surface area contributed by atoms with Gasteiger partial charge in [-0.1, -0.05) is 12.1 Å². The predicted octanol–water partition coefficient (Wildman–Crippen LogP) is -0.0487. The minimum Gasteiger partial charge on any atom is -0.368 e. The summed E-state index contributed by atoms with van der Waals surface area (Å²) in [5.41, 5.74) is 7.94. The number of nitrogens with zero attached hydrogens (tertiary/aromatic N) is 1. The van der Waals surface area contributed by atoms with Crippen LogP contribution in [0.4, 0.5) is 5.69 Å². The van der Waals surface area contributed by atoms with Crippen LogP contribution in [0.2, 0.25) is 0 Å². The van der Waals surface area contributed by atoms with E-state index in [1.807, 2.05) is 18.2 Å². The van der Waals surface area contributed by atoms with Crippen molar-refractivity contribution in [2.75, 3.05) is 19.0 Å². The molecule has 2 amide bonds. The van der Waals surface area contributed by atoms with Crippen molar-refractivity contribution in [3.63, 3.8) is 0 Å². The van der Waals surface area contributed by atoms with Crippen LogP contribution >= 0.6 is 0 Å². The number of benzene rings is 1. The molecule has 1 aliphatic heterocycles. The molecule has 17 heavy (non-hydrogen) atoms. The number of likely N-dealkylation sites (N-methyl/N-ethyl adjacent to an activating group) is 2. The number of carbonyl (C=O) groups excluding carboxylic acids is 2. The van der Waals surface area contributed by atoms with Crippen LogP contribution in [0.3, 0.4) is 0 Å². The average molecular weight is 233 g/mol. The molecule has 1 aromatic carbocycles. The largest absolute Gasteiger partial charge is 0.368 e. The number of carbonyl (C=O) groups is 2. The second kappa shape index (κ2) is 4.18. The molecule has 0 radical (unpaired) electrons. The third-order valence-electron chi connectivity index (χ3n) is 3.09. The van der Waals surface area contributed by atoms with Crippen LogP contribution in [-0.4, -0.2) is 25.9 Å². The first kappa shape index (κ1) is 11.6. The third kappa shape index (κ3) is 1.89. The Labute approximate surface area is 99.6 Å². The monoisotopic (exact) mass is 233 g/mol. The Kier molecular flexibility index (Phi) is 2.85. The molecule has 1 aliphatic rings. The van der Waals surface area contributed by atoms with Gasteiger partial charge < -0.3 is 16.0 Å². The Balaban J connectivity index is 2.39. The smallest absolute Gasteiger partial charge is 0.239 e. The predicted molar refractivity (Wildman–Crippen MR) is 64.6 cm³/mol. The molecule has 5 nitrogen and oxygen atoms in total. The van der Waals surface area contributed by atoms with E-state index in [0.717, 1.165) is 16.8 Å². The Morgan fingerprint density at radius 2 is 2.24 bits per heavy atom. The van der Waals surface area contributed by atoms with Crippen LogP contribution in [-0.2, 0) is 16.0 Å². The molecule has 2 rings (SSSR count). The molecule has 0 aromatic heterocycles. The SMILES string of the molecule is CNC(C(N)=O)c1ccc2c(c1)CC(=O)N2C. The van der Waals surface area contributed by atoms with Gasteiger partial charge in [0, 0.05) is 12.7 Å². The molecule has 0 saturated heterocycles. The minimum atomic E-state index is -0.513. The van der Waals surface area contributed by atoms with Crippen molar-refractivity contribution in [3.05, 3.63) is 29.3 Å². The Morgan fingerprint density at radius 1 is 1.53 bits per heavy atom. The molecule has 1 aromatic rings. The lowest BCUT2D eigenvalue weighted by atomic mass is 10.0. The summed E-state index contributed by atoms with van der Waals surface area (Å²) in [6.45, 7) is 0. The van der Waals surface area contributed by atoms with Crippen LogP contribution in [0.1, 0.15) is 17.2 Å². The Hall–Kier alpha value is -1.88. The van der Waals surface area contributed by atoms with Crippen molar-refractivity contribution < 1.29 is 9.59 Å². The summed E-state index contributed by atoms with van der Waals surface area (Å²) < 4.78 is 0. The highest BCUT2D eigenvalue weighted by Gasteiger charge is 2.25. The molecule has 1 atom stereocenters. The molecule has 0 spiro atoms. The van der Waals surface area contributed by atoms with Gasteiger partial charge in [0.2, 0.25) is 11.8 Å². The molecule has 3 N–H and O–H groups in total. The van der Waals surface area contributed by atoms with E-state index in [1.54, 1.807) is 19.0 Å². The van der Waals surface area contributed by atoms with Gasteiger partial charge in [0.1, 0.15) is 6.04 Å². The number of primary amides is 1. The first-order chi connectivity index (χ1) is 8.04. The first-order valence-electron chi connectivity index (χ1n) is 5.40. The van der Waals surface area contributed by atoms with E-state index in [4.69, 9.17) is 5.73 Å². The number of nitrogens with two attached hydrogens (primary N) is 1. The third-order valence-corrected chi connectivity index (χ3v) is 3.09. The summed E-state index contributed by atoms with van der Waals surface area (Å²) in [6, 6.07) is 5.02. The molecule has 0 saturated carbocycles. The Morgan fingerprint density at radius 3 is 2.82 bits per heavy atom. The zero-order valence-corrected chi connectivity index (χ0v) is 9.86. The van der Waals surface area contributed by atoms with Crippen molar-refractivity contribution in [1.82, 2.24) is 5.32 Å². The minimum absolute atomic E-state index is 0.0669. The highest BCUT2D eigenvalue weighted by molar-refractivity contribution is 6.01. The maximum Gasteiger partial charge on any atom is 0.239 e. The number of rotatable bonds is 3. The maximum atomic E-state index is 11.5. The lowest BCUT2D eigenvalue weighted by molar-refractivity contribution is -0.120. The van der Waals surface area contributed by atoms with E-state index < -0.39 is 11.9 Å². The van der Waals surface area contributed by atoms with Crippen LogP contribution in [0.5, 0.6) is 0 Å². The van der Waals surface area contributed by atoms with E-state index in [2.05, 4.69) is 5.32 Å². The van der Waals surface area contributed by atoms with Crippen LogP contribution in [0, 0.1) is 0 Å². The summed E-state index contributed by atoms with van der Waals surface area (Å²) in [6.07, 6.45) is 0.384. The zero-order valence-electron chi connectivity index (χ0n) is 9.86. The second-order valence-corrected chi connectivity index (χ2v) is 4.14. The number of amides is 2. The van der Waals surface area contributed by atoms with Crippen molar-refractivity contribution in [3.8, 4) is 0 Å². The van der Waals surface area contributed by atoms with Gasteiger partial charge in [-0.15, -0.1) is 0 Å². The van der Waals surface area contributed by atoms with Gasteiger partial charge in [-0.3, -0.25) is 9.59 Å². The van der Waals surface area contributed by atoms with Gasteiger partial charge in [0.25, 0.3) is 0 Å². The molecular weight excluding hydrogens is 218 g/mol. The van der Waals surface area contributed by atoms with E-state index in [1.165, 1.54) is 0 Å². The van der Waals surface area contributed by atoms with Crippen molar-refractivity contribution in [1.29, 1.82) is 0 Å². The number of hydrogen-bond donors (Lipinski definition) is 2. The summed E-state index contributed by atoms with van der Waals surface area (Å²) >= 11 is 0. The highest BCUT2D eigenvalue weighted by atomic mass is 16.2. The summed E-state index contributed by atoms with van der Waals surface area (Å²) in [7, 11) is 3.43. The quantitative estimate of drug-likeness (QED) is 0.768. The molecule has 0 bridgehead atoms. The Bertz CT molecular complexity index is 485. The van der Waals surface area contributed by atoms with Crippen molar-refractivity contribution >= 4 is 17.5 Å². The fourth-order valence-corrected chi connectivity index (χ4v) is 2.14. The van der Waals surface area contributed by atoms with Crippen molar-refractivity contribution in [2.45, 2.75) is 12.5 Å². The van der Waals surface area contributed by atoms with E-state index in [-0.39, 0.29) is 5.91 Å². The van der Waals surface area contributed by atoms with Gasteiger partial charge in [0.05, 0.1) is 6.42 Å². The topological polar surface area (TPSA) is 75.4 Å². The lowest BCUT2D eigenvalue weighted by Crippen LogP contribution is -2.31. The second-order valence-electron chi connectivity index (χ2n) is 4.14.